The average Bonchev–Trinajstić information content (AvgIpc) is 2.17. The number of hydrogen-bond donors (Lipinski definition) is 2. The number of methoxy groups -OCH3 is 1. The number of hydrazine groups is 1. The summed E-state index contributed by atoms with van der Waals surface area (Å²) in [6.07, 6.45) is 0.855. The Balaban J connectivity index is 2.93. The summed E-state index contributed by atoms with van der Waals surface area (Å²) in [6, 6.07) is 1.82. The van der Waals surface area contributed by atoms with Crippen LogP contribution in [0.4, 0.5) is 5.82 Å². The Hall–Kier alpha value is -1.20. The minimum atomic E-state index is 0.405. The lowest BCUT2D eigenvalue weighted by atomic mass is 10.3. The van der Waals surface area contributed by atoms with E-state index in [1.54, 1.807) is 7.11 Å². The number of hydrogen-bond acceptors (Lipinski definition) is 5. The number of nitrogens with zero attached hydrogens (tertiary/aromatic N) is 2. The van der Waals surface area contributed by atoms with E-state index >= 15 is 0 Å². The Morgan fingerprint density at radius 2 is 2.31 bits per heavy atom. The maximum Gasteiger partial charge on any atom is 0.156 e. The van der Waals surface area contributed by atoms with Crippen LogP contribution >= 0.6 is 0 Å². The summed E-state index contributed by atoms with van der Waals surface area (Å²) in [5.41, 5.74) is 3.45. The highest BCUT2D eigenvalue weighted by molar-refractivity contribution is 5.34. The van der Waals surface area contributed by atoms with Gasteiger partial charge in [0.15, 0.2) is 5.82 Å². The fourth-order valence-electron chi connectivity index (χ4n) is 1.00. The first kappa shape index (κ1) is 9.88. The molecule has 0 spiro atoms. The molecule has 0 atom stereocenters. The van der Waals surface area contributed by atoms with E-state index in [4.69, 9.17) is 10.6 Å². The molecule has 1 heterocycles. The summed E-state index contributed by atoms with van der Waals surface area (Å²) >= 11 is 0. The Kier molecular flexibility index (Phi) is 3.60. The molecule has 0 saturated heterocycles. The molecular formula is C8H14N4O. The van der Waals surface area contributed by atoms with Gasteiger partial charge in [-0.1, -0.05) is 6.92 Å². The van der Waals surface area contributed by atoms with Crippen LogP contribution in [-0.2, 0) is 17.8 Å². The molecule has 0 radical (unpaired) electrons. The molecule has 1 aromatic heterocycles. The second kappa shape index (κ2) is 4.74. The van der Waals surface area contributed by atoms with Gasteiger partial charge in [-0.25, -0.2) is 15.8 Å². The molecule has 0 fully saturated rings. The molecule has 72 valence electrons. The van der Waals surface area contributed by atoms with Gasteiger partial charge in [0.25, 0.3) is 0 Å². The highest BCUT2D eigenvalue weighted by Crippen LogP contribution is 2.06. The zero-order valence-electron chi connectivity index (χ0n) is 7.87. The van der Waals surface area contributed by atoms with E-state index in [0.29, 0.717) is 18.2 Å². The van der Waals surface area contributed by atoms with Crippen molar-refractivity contribution in [2.24, 2.45) is 5.84 Å². The van der Waals surface area contributed by atoms with E-state index in [1.165, 1.54) is 0 Å². The Bertz CT molecular complexity index is 255. The van der Waals surface area contributed by atoms with Crippen molar-refractivity contribution in [2.45, 2.75) is 20.0 Å². The van der Waals surface area contributed by atoms with Crippen LogP contribution in [0, 0.1) is 0 Å². The van der Waals surface area contributed by atoms with Gasteiger partial charge in [-0.15, -0.1) is 0 Å². The van der Waals surface area contributed by atoms with Crippen molar-refractivity contribution >= 4 is 5.82 Å². The van der Waals surface area contributed by atoms with Crippen molar-refractivity contribution in [3.05, 3.63) is 17.6 Å². The van der Waals surface area contributed by atoms with Gasteiger partial charge in [0.05, 0.1) is 0 Å². The fourth-order valence-corrected chi connectivity index (χ4v) is 1.00. The normalized spacial score (nSPS) is 10.1. The van der Waals surface area contributed by atoms with Crippen molar-refractivity contribution in [3.63, 3.8) is 0 Å². The molecule has 0 aliphatic carbocycles. The van der Waals surface area contributed by atoms with Crippen LogP contribution in [0.2, 0.25) is 0 Å². The molecule has 5 heteroatoms. The summed E-state index contributed by atoms with van der Waals surface area (Å²) in [4.78, 5) is 8.38. The highest BCUT2D eigenvalue weighted by Gasteiger charge is 2.01. The van der Waals surface area contributed by atoms with Crippen LogP contribution < -0.4 is 11.3 Å². The van der Waals surface area contributed by atoms with Gasteiger partial charge in [0.1, 0.15) is 12.4 Å². The largest absolute Gasteiger partial charge is 0.377 e. The number of ether oxygens (including phenoxy) is 1. The number of nitrogen functional groups attached to an aromatic ring is 1. The third kappa shape index (κ3) is 2.64. The van der Waals surface area contributed by atoms with Crippen LogP contribution in [0.3, 0.4) is 0 Å². The van der Waals surface area contributed by atoms with Crippen LogP contribution in [0.15, 0.2) is 6.07 Å². The van der Waals surface area contributed by atoms with E-state index in [2.05, 4.69) is 15.4 Å². The molecular weight excluding hydrogens is 168 g/mol. The van der Waals surface area contributed by atoms with E-state index in [0.717, 1.165) is 12.1 Å². The summed E-state index contributed by atoms with van der Waals surface area (Å²) in [6.45, 7) is 2.43. The summed E-state index contributed by atoms with van der Waals surface area (Å²) < 4.78 is 4.93. The first-order chi connectivity index (χ1) is 6.30. The maximum atomic E-state index is 5.26. The monoisotopic (exact) mass is 182 g/mol. The highest BCUT2D eigenvalue weighted by atomic mass is 16.5. The molecule has 1 rings (SSSR count). The Morgan fingerprint density at radius 3 is 2.85 bits per heavy atom. The number of nitrogens with two attached hydrogens (primary N) is 1. The van der Waals surface area contributed by atoms with Crippen LogP contribution in [0.1, 0.15) is 18.4 Å². The van der Waals surface area contributed by atoms with Crippen LogP contribution in [-0.4, -0.2) is 17.1 Å². The zero-order chi connectivity index (χ0) is 9.68. The van der Waals surface area contributed by atoms with Gasteiger partial charge in [-0.2, -0.15) is 0 Å². The molecule has 0 aliphatic heterocycles. The predicted molar refractivity (Wildman–Crippen MR) is 49.9 cm³/mol. The van der Waals surface area contributed by atoms with Gasteiger partial charge >= 0.3 is 0 Å². The Labute approximate surface area is 77.3 Å². The topological polar surface area (TPSA) is 73.1 Å². The van der Waals surface area contributed by atoms with E-state index in [9.17, 15) is 0 Å². The minimum absolute atomic E-state index is 0.405. The molecule has 13 heavy (non-hydrogen) atoms. The van der Waals surface area contributed by atoms with E-state index < -0.39 is 0 Å². The molecule has 0 aromatic carbocycles. The van der Waals surface area contributed by atoms with Crippen LogP contribution in [0.25, 0.3) is 0 Å². The average molecular weight is 182 g/mol. The summed E-state index contributed by atoms with van der Waals surface area (Å²) in [5, 5.41) is 0. The SMILES string of the molecule is CCc1cc(NN)nc(COC)n1. The molecule has 0 saturated carbocycles. The summed E-state index contributed by atoms with van der Waals surface area (Å²) in [7, 11) is 1.61. The van der Waals surface area contributed by atoms with Gasteiger partial charge in [-0.05, 0) is 6.42 Å². The van der Waals surface area contributed by atoms with Crippen LogP contribution in [0.5, 0.6) is 0 Å². The van der Waals surface area contributed by atoms with Gasteiger partial charge < -0.3 is 10.2 Å². The molecule has 0 amide bonds. The first-order valence-electron chi connectivity index (χ1n) is 4.12. The lowest BCUT2D eigenvalue weighted by molar-refractivity contribution is 0.177. The van der Waals surface area contributed by atoms with Gasteiger partial charge in [0, 0.05) is 18.9 Å². The van der Waals surface area contributed by atoms with E-state index in [1.807, 2.05) is 13.0 Å². The minimum Gasteiger partial charge on any atom is -0.377 e. The third-order valence-electron chi connectivity index (χ3n) is 1.61. The molecule has 1 aromatic rings. The lowest BCUT2D eigenvalue weighted by Gasteiger charge is -2.05. The maximum absolute atomic E-state index is 5.26. The molecule has 0 bridgehead atoms. The fraction of sp³-hybridized carbons (Fsp3) is 0.500. The van der Waals surface area contributed by atoms with E-state index in [-0.39, 0.29) is 0 Å². The Morgan fingerprint density at radius 1 is 1.54 bits per heavy atom. The number of nitrogens with one attached hydrogen (secondary N) is 1. The number of aryl methyl sites for hydroxylation is 1. The second-order valence-corrected chi connectivity index (χ2v) is 2.59. The smallest absolute Gasteiger partial charge is 0.156 e. The van der Waals surface area contributed by atoms with Crippen molar-refractivity contribution in [2.75, 3.05) is 12.5 Å². The number of rotatable bonds is 4. The quantitative estimate of drug-likeness (QED) is 0.523. The third-order valence-corrected chi connectivity index (χ3v) is 1.61. The summed E-state index contributed by atoms with van der Waals surface area (Å²) in [5.74, 6) is 6.53. The molecule has 0 unspecified atom stereocenters. The second-order valence-electron chi connectivity index (χ2n) is 2.59. The molecule has 0 aliphatic rings. The predicted octanol–water partition coefficient (Wildman–Crippen LogP) is 0.471. The van der Waals surface area contributed by atoms with Crippen molar-refractivity contribution in [3.8, 4) is 0 Å². The molecule has 3 N–H and O–H groups in total. The molecule has 5 nitrogen and oxygen atoms in total. The van der Waals surface area contributed by atoms with Crippen molar-refractivity contribution in [1.29, 1.82) is 0 Å². The van der Waals surface area contributed by atoms with Gasteiger partial charge in [-0.3, -0.25) is 0 Å². The standard InChI is InChI=1S/C8H14N4O/c1-3-6-4-7(12-9)11-8(10-6)5-13-2/h4H,3,5,9H2,1-2H3,(H,10,11,12). The number of aromatic nitrogens is 2. The zero-order valence-corrected chi connectivity index (χ0v) is 7.87. The van der Waals surface area contributed by atoms with Crippen molar-refractivity contribution < 1.29 is 4.74 Å². The first-order valence-corrected chi connectivity index (χ1v) is 4.12. The lowest BCUT2D eigenvalue weighted by Crippen LogP contribution is -2.11. The van der Waals surface area contributed by atoms with Crippen molar-refractivity contribution in [1.82, 2.24) is 9.97 Å². The van der Waals surface area contributed by atoms with Gasteiger partial charge in [0.2, 0.25) is 0 Å². The number of anilines is 1.